The summed E-state index contributed by atoms with van der Waals surface area (Å²) in [4.78, 5) is 0. The molecule has 1 fully saturated rings. The van der Waals surface area contributed by atoms with Crippen molar-refractivity contribution in [2.24, 2.45) is 0 Å². The van der Waals surface area contributed by atoms with Crippen LogP contribution in [0, 0.1) is 6.92 Å². The molecule has 3 rings (SSSR count). The Bertz CT molecular complexity index is 588. The third-order valence-corrected chi connectivity index (χ3v) is 4.28. The summed E-state index contributed by atoms with van der Waals surface area (Å²) in [5.74, 6) is 0.998. The van der Waals surface area contributed by atoms with Crippen molar-refractivity contribution >= 4 is 0 Å². The Morgan fingerprint density at radius 3 is 2.45 bits per heavy atom. The third-order valence-electron chi connectivity index (χ3n) is 4.28. The molecule has 1 saturated heterocycles. The number of methoxy groups -OCH3 is 1. The minimum atomic E-state index is 0.211. The van der Waals surface area contributed by atoms with E-state index in [0.29, 0.717) is 0 Å². The lowest BCUT2D eigenvalue weighted by molar-refractivity contribution is 0.271. The highest BCUT2D eigenvalue weighted by Gasteiger charge is 2.39. The molecule has 0 bridgehead atoms. The average molecular weight is 267 g/mol. The molecule has 20 heavy (non-hydrogen) atoms. The normalized spacial score (nSPS) is 16.5. The molecule has 1 heterocycles. The number of hydrogen-bond acceptors (Lipinski definition) is 2. The molecule has 0 aromatic heterocycles. The molecule has 1 N–H and O–H groups in total. The van der Waals surface area contributed by atoms with E-state index in [2.05, 4.69) is 60.8 Å². The molecule has 2 nitrogen and oxygen atoms in total. The SMILES string of the molecule is COc1ccc(C)cc1CC1(c2ccccc2)CNC1. The third kappa shape index (κ3) is 2.32. The molecule has 2 aromatic carbocycles. The van der Waals surface area contributed by atoms with Crippen LogP contribution in [0.25, 0.3) is 0 Å². The van der Waals surface area contributed by atoms with Gasteiger partial charge in [0.15, 0.2) is 0 Å². The highest BCUT2D eigenvalue weighted by molar-refractivity contribution is 5.41. The summed E-state index contributed by atoms with van der Waals surface area (Å²) in [5, 5.41) is 3.43. The van der Waals surface area contributed by atoms with E-state index in [1.165, 1.54) is 16.7 Å². The lowest BCUT2D eigenvalue weighted by Gasteiger charge is -2.43. The molecular weight excluding hydrogens is 246 g/mol. The van der Waals surface area contributed by atoms with E-state index < -0.39 is 0 Å². The zero-order valence-corrected chi connectivity index (χ0v) is 12.1. The van der Waals surface area contributed by atoms with E-state index in [4.69, 9.17) is 4.74 Å². The molecule has 0 atom stereocenters. The number of aryl methyl sites for hydroxylation is 1. The molecule has 0 radical (unpaired) electrons. The monoisotopic (exact) mass is 267 g/mol. The van der Waals surface area contributed by atoms with Gasteiger partial charge >= 0.3 is 0 Å². The molecule has 0 saturated carbocycles. The van der Waals surface area contributed by atoms with Gasteiger partial charge in [-0.15, -0.1) is 0 Å². The number of nitrogens with one attached hydrogen (secondary N) is 1. The molecule has 1 aliphatic rings. The zero-order valence-electron chi connectivity index (χ0n) is 12.1. The summed E-state index contributed by atoms with van der Waals surface area (Å²) in [7, 11) is 1.75. The quantitative estimate of drug-likeness (QED) is 0.919. The van der Waals surface area contributed by atoms with Crippen molar-refractivity contribution in [3.05, 3.63) is 65.2 Å². The molecule has 0 amide bonds. The van der Waals surface area contributed by atoms with E-state index in [-0.39, 0.29) is 5.41 Å². The van der Waals surface area contributed by atoms with Crippen molar-refractivity contribution in [2.45, 2.75) is 18.8 Å². The zero-order chi connectivity index (χ0) is 14.0. The fourth-order valence-electron chi connectivity index (χ4n) is 3.06. The van der Waals surface area contributed by atoms with Gasteiger partial charge in [-0.3, -0.25) is 0 Å². The van der Waals surface area contributed by atoms with Crippen molar-refractivity contribution in [3.63, 3.8) is 0 Å². The van der Waals surface area contributed by atoms with Crippen LogP contribution in [0.5, 0.6) is 5.75 Å². The molecule has 2 aromatic rings. The summed E-state index contributed by atoms with van der Waals surface area (Å²) in [6.07, 6.45) is 1.02. The highest BCUT2D eigenvalue weighted by atomic mass is 16.5. The second kappa shape index (κ2) is 5.29. The first-order chi connectivity index (χ1) is 9.73. The smallest absolute Gasteiger partial charge is 0.122 e. The molecule has 1 aliphatic heterocycles. The van der Waals surface area contributed by atoms with Crippen LogP contribution in [0.3, 0.4) is 0 Å². The first-order valence-electron chi connectivity index (χ1n) is 7.13. The van der Waals surface area contributed by atoms with E-state index in [1.54, 1.807) is 7.11 Å². The minimum Gasteiger partial charge on any atom is -0.496 e. The van der Waals surface area contributed by atoms with Crippen molar-refractivity contribution in [1.82, 2.24) is 5.32 Å². The molecular formula is C18H21NO. The summed E-state index contributed by atoms with van der Waals surface area (Å²) in [5.41, 5.74) is 4.22. The molecule has 2 heteroatoms. The predicted octanol–water partition coefficient (Wildman–Crippen LogP) is 3.09. The second-order valence-corrected chi connectivity index (χ2v) is 5.74. The summed E-state index contributed by atoms with van der Waals surface area (Å²) >= 11 is 0. The molecule has 104 valence electrons. The van der Waals surface area contributed by atoms with Gasteiger partial charge < -0.3 is 10.1 Å². The number of hydrogen-bond donors (Lipinski definition) is 1. The number of benzene rings is 2. The first kappa shape index (κ1) is 13.2. The fourth-order valence-corrected chi connectivity index (χ4v) is 3.06. The van der Waals surface area contributed by atoms with E-state index in [1.807, 2.05) is 0 Å². The summed E-state index contributed by atoms with van der Waals surface area (Å²) in [6.45, 7) is 4.21. The summed E-state index contributed by atoms with van der Waals surface area (Å²) in [6, 6.07) is 17.3. The van der Waals surface area contributed by atoms with Crippen molar-refractivity contribution < 1.29 is 4.74 Å². The second-order valence-electron chi connectivity index (χ2n) is 5.74. The minimum absolute atomic E-state index is 0.211. The van der Waals surface area contributed by atoms with Crippen LogP contribution < -0.4 is 10.1 Å². The van der Waals surface area contributed by atoms with Gasteiger partial charge in [-0.25, -0.2) is 0 Å². The van der Waals surface area contributed by atoms with Crippen LogP contribution in [0.1, 0.15) is 16.7 Å². The first-order valence-corrected chi connectivity index (χ1v) is 7.13. The van der Waals surface area contributed by atoms with Crippen LogP contribution >= 0.6 is 0 Å². The van der Waals surface area contributed by atoms with Crippen LogP contribution in [-0.2, 0) is 11.8 Å². The Morgan fingerprint density at radius 1 is 1.10 bits per heavy atom. The number of rotatable bonds is 4. The Morgan fingerprint density at radius 2 is 1.85 bits per heavy atom. The maximum atomic E-state index is 5.53. The van der Waals surface area contributed by atoms with Gasteiger partial charge in [-0.2, -0.15) is 0 Å². The van der Waals surface area contributed by atoms with Gasteiger partial charge in [0.1, 0.15) is 5.75 Å². The predicted molar refractivity (Wildman–Crippen MR) is 82.4 cm³/mol. The number of ether oxygens (including phenoxy) is 1. The molecule has 0 unspecified atom stereocenters. The van der Waals surface area contributed by atoms with E-state index in [9.17, 15) is 0 Å². The van der Waals surface area contributed by atoms with Gasteiger partial charge in [0.25, 0.3) is 0 Å². The van der Waals surface area contributed by atoms with Crippen LogP contribution in [0.2, 0.25) is 0 Å². The van der Waals surface area contributed by atoms with Crippen molar-refractivity contribution in [3.8, 4) is 5.75 Å². The molecule has 0 spiro atoms. The Balaban J connectivity index is 1.95. The van der Waals surface area contributed by atoms with Gasteiger partial charge in [-0.1, -0.05) is 48.0 Å². The Labute approximate surface area is 120 Å². The van der Waals surface area contributed by atoms with Gasteiger partial charge in [0.05, 0.1) is 7.11 Å². The highest BCUT2D eigenvalue weighted by Crippen LogP contribution is 2.35. The maximum absolute atomic E-state index is 5.53. The van der Waals surface area contributed by atoms with Crippen molar-refractivity contribution in [1.29, 1.82) is 0 Å². The summed E-state index contributed by atoms with van der Waals surface area (Å²) < 4.78 is 5.53. The van der Waals surface area contributed by atoms with Crippen LogP contribution in [0.4, 0.5) is 0 Å². The Hall–Kier alpha value is -1.80. The van der Waals surface area contributed by atoms with Gasteiger partial charge in [-0.05, 0) is 30.5 Å². The maximum Gasteiger partial charge on any atom is 0.122 e. The lowest BCUT2D eigenvalue weighted by atomic mass is 9.71. The van der Waals surface area contributed by atoms with Crippen LogP contribution in [0.15, 0.2) is 48.5 Å². The van der Waals surface area contributed by atoms with Crippen molar-refractivity contribution in [2.75, 3.05) is 20.2 Å². The largest absolute Gasteiger partial charge is 0.496 e. The van der Waals surface area contributed by atoms with E-state index >= 15 is 0 Å². The average Bonchev–Trinajstić information content (AvgIpc) is 2.44. The lowest BCUT2D eigenvalue weighted by Crippen LogP contribution is -2.58. The Kier molecular flexibility index (Phi) is 3.49. The van der Waals surface area contributed by atoms with Gasteiger partial charge in [0, 0.05) is 18.5 Å². The molecule has 0 aliphatic carbocycles. The van der Waals surface area contributed by atoms with E-state index in [0.717, 1.165) is 25.3 Å². The fraction of sp³-hybridized carbons (Fsp3) is 0.333. The van der Waals surface area contributed by atoms with Crippen LogP contribution in [-0.4, -0.2) is 20.2 Å². The van der Waals surface area contributed by atoms with Gasteiger partial charge in [0.2, 0.25) is 0 Å². The topological polar surface area (TPSA) is 21.3 Å². The standard InChI is InChI=1S/C18H21NO/c1-14-8-9-17(20-2)15(10-14)11-18(12-19-13-18)16-6-4-3-5-7-16/h3-10,19H,11-13H2,1-2H3.